The third kappa shape index (κ3) is 4.05. The zero-order valence-electron chi connectivity index (χ0n) is 15.8. The van der Waals surface area contributed by atoms with Crippen molar-refractivity contribution in [3.05, 3.63) is 77.2 Å². The molecule has 1 aromatic heterocycles. The van der Waals surface area contributed by atoms with Crippen LogP contribution in [0.25, 0.3) is 0 Å². The molecule has 6 nitrogen and oxygen atoms in total. The van der Waals surface area contributed by atoms with Crippen molar-refractivity contribution in [2.45, 2.75) is 0 Å². The molecule has 2 aromatic carbocycles. The van der Waals surface area contributed by atoms with Crippen LogP contribution in [0.5, 0.6) is 5.75 Å². The molecule has 146 valence electrons. The van der Waals surface area contributed by atoms with E-state index in [1.54, 1.807) is 7.11 Å². The molecule has 0 saturated carbocycles. The normalized spacial score (nSPS) is 13.3. The summed E-state index contributed by atoms with van der Waals surface area (Å²) in [7, 11) is 1.62. The number of anilines is 2. The van der Waals surface area contributed by atoms with Crippen molar-refractivity contribution < 1.29 is 14.3 Å². The molecular weight excluding hydrogens is 386 g/mol. The molecule has 0 radical (unpaired) electrons. The molecule has 0 saturated heterocycles. The summed E-state index contributed by atoms with van der Waals surface area (Å²) in [6, 6.07) is 18.7. The first-order valence-electron chi connectivity index (χ1n) is 9.07. The van der Waals surface area contributed by atoms with Gasteiger partial charge in [-0.15, -0.1) is 11.3 Å². The van der Waals surface area contributed by atoms with Crippen LogP contribution in [-0.4, -0.2) is 37.7 Å². The van der Waals surface area contributed by atoms with E-state index in [1.807, 2.05) is 66.0 Å². The van der Waals surface area contributed by atoms with Crippen LogP contribution in [0.2, 0.25) is 0 Å². The summed E-state index contributed by atoms with van der Waals surface area (Å²) >= 11 is 1.42. The van der Waals surface area contributed by atoms with Crippen molar-refractivity contribution in [3.8, 4) is 5.75 Å². The largest absolute Gasteiger partial charge is 0.497 e. The van der Waals surface area contributed by atoms with Crippen molar-refractivity contribution >= 4 is 39.6 Å². The summed E-state index contributed by atoms with van der Waals surface area (Å²) in [5, 5.41) is 5.46. The Morgan fingerprint density at radius 1 is 1.14 bits per heavy atom. The Bertz CT molecular complexity index is 1060. The van der Waals surface area contributed by atoms with Crippen molar-refractivity contribution in [2.24, 2.45) is 4.99 Å². The molecule has 0 spiro atoms. The number of fused-ring (bicyclic) bond motifs is 1. The zero-order chi connectivity index (χ0) is 20.2. The highest BCUT2D eigenvalue weighted by atomic mass is 32.1. The molecule has 0 bridgehead atoms. The van der Waals surface area contributed by atoms with E-state index in [0.29, 0.717) is 5.69 Å². The Balaban J connectivity index is 1.60. The number of nitrogens with zero attached hydrogens (tertiary/aromatic N) is 2. The van der Waals surface area contributed by atoms with Gasteiger partial charge in [-0.2, -0.15) is 0 Å². The molecular formula is C22H19N3O3S. The summed E-state index contributed by atoms with van der Waals surface area (Å²) in [4.78, 5) is 31.4. The van der Waals surface area contributed by atoms with Crippen molar-refractivity contribution in [3.63, 3.8) is 0 Å². The number of methoxy groups -OCH3 is 1. The smallest absolute Gasteiger partial charge is 0.249 e. The van der Waals surface area contributed by atoms with Gasteiger partial charge in [0.25, 0.3) is 0 Å². The standard InChI is InChI=1S/C22H19N3O3S/c1-28-17-9-7-15(8-10-17)21-18-11-12-29-22(18)25(20(27)13-23-21)14-19(26)24-16-5-3-2-4-6-16/h2-12H,13-14H2,1H3,(H,24,26). The monoisotopic (exact) mass is 405 g/mol. The molecule has 7 heteroatoms. The van der Waals surface area contributed by atoms with Crippen molar-refractivity contribution in [1.82, 2.24) is 0 Å². The number of benzene rings is 2. The zero-order valence-corrected chi connectivity index (χ0v) is 16.6. The summed E-state index contributed by atoms with van der Waals surface area (Å²) in [5.74, 6) is 0.293. The van der Waals surface area contributed by atoms with E-state index in [-0.39, 0.29) is 24.9 Å². The van der Waals surface area contributed by atoms with Gasteiger partial charge in [-0.25, -0.2) is 0 Å². The van der Waals surface area contributed by atoms with Gasteiger partial charge in [0.1, 0.15) is 23.8 Å². The van der Waals surface area contributed by atoms with Crippen LogP contribution in [-0.2, 0) is 9.59 Å². The van der Waals surface area contributed by atoms with Crippen molar-refractivity contribution in [2.75, 3.05) is 30.4 Å². The lowest BCUT2D eigenvalue weighted by Gasteiger charge is -2.20. The van der Waals surface area contributed by atoms with E-state index in [4.69, 9.17) is 4.74 Å². The van der Waals surface area contributed by atoms with Gasteiger partial charge in [0.2, 0.25) is 11.8 Å². The first-order chi connectivity index (χ1) is 14.2. The number of rotatable bonds is 5. The van der Waals surface area contributed by atoms with Crippen LogP contribution in [0.1, 0.15) is 11.1 Å². The van der Waals surface area contributed by atoms with Gasteiger partial charge in [0, 0.05) is 16.8 Å². The minimum Gasteiger partial charge on any atom is -0.497 e. The SMILES string of the molecule is COc1ccc(C2=NCC(=O)N(CC(=O)Nc3ccccc3)c3sccc32)cc1. The molecule has 1 aliphatic heterocycles. The maximum atomic E-state index is 12.8. The lowest BCUT2D eigenvalue weighted by molar-refractivity contribution is -0.120. The quantitative estimate of drug-likeness (QED) is 0.705. The lowest BCUT2D eigenvalue weighted by atomic mass is 10.0. The van der Waals surface area contributed by atoms with E-state index in [0.717, 1.165) is 27.6 Å². The van der Waals surface area contributed by atoms with Gasteiger partial charge in [-0.05, 0) is 47.8 Å². The fraction of sp³-hybridized carbons (Fsp3) is 0.136. The molecule has 0 atom stereocenters. The number of thiophene rings is 1. The fourth-order valence-electron chi connectivity index (χ4n) is 3.14. The second-order valence-corrected chi connectivity index (χ2v) is 7.32. The average Bonchev–Trinajstić information content (AvgIpc) is 3.18. The third-order valence-electron chi connectivity index (χ3n) is 4.54. The Hall–Kier alpha value is -3.45. The number of ether oxygens (including phenoxy) is 1. The summed E-state index contributed by atoms with van der Waals surface area (Å²) < 4.78 is 5.22. The molecule has 1 aliphatic rings. The van der Waals surface area contributed by atoms with Crippen LogP contribution in [0, 0.1) is 0 Å². The van der Waals surface area contributed by atoms with Crippen LogP contribution in [0.3, 0.4) is 0 Å². The number of amides is 2. The summed E-state index contributed by atoms with van der Waals surface area (Å²) in [6.07, 6.45) is 0. The predicted molar refractivity (Wildman–Crippen MR) is 115 cm³/mol. The number of carbonyl (C=O) groups is 2. The highest BCUT2D eigenvalue weighted by molar-refractivity contribution is 7.15. The predicted octanol–water partition coefficient (Wildman–Crippen LogP) is 3.58. The molecule has 2 heterocycles. The number of nitrogens with one attached hydrogen (secondary N) is 1. The summed E-state index contributed by atoms with van der Waals surface area (Å²) in [6.45, 7) is -0.0754. The first-order valence-corrected chi connectivity index (χ1v) is 9.95. The topological polar surface area (TPSA) is 71.0 Å². The maximum Gasteiger partial charge on any atom is 0.249 e. The Kier molecular flexibility index (Phi) is 5.39. The van der Waals surface area contributed by atoms with E-state index < -0.39 is 0 Å². The number of aliphatic imine (C=N–C) groups is 1. The average molecular weight is 405 g/mol. The second-order valence-electron chi connectivity index (χ2n) is 6.43. The van der Waals surface area contributed by atoms with Gasteiger partial charge in [-0.1, -0.05) is 18.2 Å². The number of para-hydroxylation sites is 1. The summed E-state index contributed by atoms with van der Waals surface area (Å²) in [5.41, 5.74) is 3.18. The van der Waals surface area contributed by atoms with Crippen LogP contribution < -0.4 is 15.0 Å². The number of carbonyl (C=O) groups excluding carboxylic acids is 2. The van der Waals surface area contributed by atoms with E-state index in [2.05, 4.69) is 10.3 Å². The van der Waals surface area contributed by atoms with Gasteiger partial charge in [0.05, 0.1) is 12.8 Å². The molecule has 2 amide bonds. The van der Waals surface area contributed by atoms with Crippen LogP contribution in [0.15, 0.2) is 71.0 Å². The third-order valence-corrected chi connectivity index (χ3v) is 5.48. The van der Waals surface area contributed by atoms with Crippen LogP contribution >= 0.6 is 11.3 Å². The second kappa shape index (κ2) is 8.28. The molecule has 29 heavy (non-hydrogen) atoms. The molecule has 0 unspecified atom stereocenters. The number of hydrogen-bond donors (Lipinski definition) is 1. The van der Waals surface area contributed by atoms with Gasteiger partial charge in [0.15, 0.2) is 0 Å². The van der Waals surface area contributed by atoms with Gasteiger partial charge >= 0.3 is 0 Å². The molecule has 0 fully saturated rings. The molecule has 4 rings (SSSR count). The van der Waals surface area contributed by atoms with Crippen molar-refractivity contribution in [1.29, 1.82) is 0 Å². The molecule has 1 N–H and O–H groups in total. The minimum absolute atomic E-state index is 0.0125. The molecule has 0 aliphatic carbocycles. The van der Waals surface area contributed by atoms with Crippen LogP contribution in [0.4, 0.5) is 10.7 Å². The van der Waals surface area contributed by atoms with Gasteiger partial charge in [-0.3, -0.25) is 19.5 Å². The fourth-order valence-corrected chi connectivity index (χ4v) is 4.06. The highest BCUT2D eigenvalue weighted by Crippen LogP contribution is 2.32. The van der Waals surface area contributed by atoms with Gasteiger partial charge < -0.3 is 10.1 Å². The number of hydrogen-bond acceptors (Lipinski definition) is 5. The Morgan fingerprint density at radius 2 is 1.90 bits per heavy atom. The lowest BCUT2D eigenvalue weighted by Crippen LogP contribution is -2.38. The van der Waals surface area contributed by atoms with E-state index in [9.17, 15) is 9.59 Å². The maximum absolute atomic E-state index is 12.8. The molecule has 3 aromatic rings. The minimum atomic E-state index is -0.253. The first kappa shape index (κ1) is 18.9. The Labute approximate surface area is 172 Å². The highest BCUT2D eigenvalue weighted by Gasteiger charge is 2.28. The van der Waals surface area contributed by atoms with E-state index >= 15 is 0 Å². The van der Waals surface area contributed by atoms with E-state index in [1.165, 1.54) is 16.2 Å². The Morgan fingerprint density at radius 3 is 2.62 bits per heavy atom.